The molecule has 2 aliphatic heterocycles. The Hall–Kier alpha value is -3.43. The molecule has 1 aromatic heterocycles. The summed E-state index contributed by atoms with van der Waals surface area (Å²) in [5, 5.41) is 7.81. The summed E-state index contributed by atoms with van der Waals surface area (Å²) in [5.41, 5.74) is 1.69. The van der Waals surface area contributed by atoms with Gasteiger partial charge in [0.1, 0.15) is 0 Å². The molecule has 0 spiro atoms. The lowest BCUT2D eigenvalue weighted by Crippen LogP contribution is -2.58. The molecule has 3 heterocycles. The number of hydrogen-bond acceptors (Lipinski definition) is 6. The summed E-state index contributed by atoms with van der Waals surface area (Å²) in [7, 11) is 3.16. The SMILES string of the molecule is COC(=O)N([C@H]1CC(=O)N(c2ccc3c([C@H]4CCC(=O)NC4=O)nn(C)c3c2)[C@H](C)C1)C(C)(C)C. The number of aromatic nitrogens is 2. The van der Waals surface area contributed by atoms with Gasteiger partial charge in [0.25, 0.3) is 0 Å². The number of carbonyl (C=O) groups excluding carboxylic acids is 4. The molecule has 4 rings (SSSR count). The van der Waals surface area contributed by atoms with E-state index < -0.39 is 17.6 Å². The monoisotopic (exact) mass is 483 g/mol. The Morgan fingerprint density at radius 3 is 2.54 bits per heavy atom. The van der Waals surface area contributed by atoms with Crippen molar-refractivity contribution in [2.75, 3.05) is 12.0 Å². The third-order valence-electron chi connectivity index (χ3n) is 6.90. The molecule has 2 aliphatic rings. The van der Waals surface area contributed by atoms with Gasteiger partial charge in [-0.3, -0.25) is 29.3 Å². The number of anilines is 1. The van der Waals surface area contributed by atoms with Crippen LogP contribution in [0, 0.1) is 0 Å². The maximum Gasteiger partial charge on any atom is 0.410 e. The second-order valence-corrected chi connectivity index (χ2v) is 10.4. The van der Waals surface area contributed by atoms with Gasteiger partial charge < -0.3 is 9.64 Å². The summed E-state index contributed by atoms with van der Waals surface area (Å²) in [5.74, 6) is -1.15. The minimum Gasteiger partial charge on any atom is -0.453 e. The van der Waals surface area contributed by atoms with Gasteiger partial charge in [0.2, 0.25) is 17.7 Å². The van der Waals surface area contributed by atoms with Crippen molar-refractivity contribution in [2.24, 2.45) is 7.05 Å². The minimum atomic E-state index is -0.486. The highest BCUT2D eigenvalue weighted by molar-refractivity contribution is 6.03. The first-order chi connectivity index (χ1) is 16.4. The van der Waals surface area contributed by atoms with Crippen molar-refractivity contribution in [1.82, 2.24) is 20.0 Å². The van der Waals surface area contributed by atoms with Gasteiger partial charge in [0.15, 0.2) is 0 Å². The number of methoxy groups -OCH3 is 1. The first kappa shape index (κ1) is 24.7. The van der Waals surface area contributed by atoms with Gasteiger partial charge >= 0.3 is 6.09 Å². The highest BCUT2D eigenvalue weighted by Crippen LogP contribution is 2.35. The maximum absolute atomic E-state index is 13.3. The number of ether oxygens (including phenoxy) is 1. The van der Waals surface area contributed by atoms with Gasteiger partial charge in [0.05, 0.1) is 24.2 Å². The lowest BCUT2D eigenvalue weighted by atomic mass is 9.91. The van der Waals surface area contributed by atoms with Gasteiger partial charge in [-0.25, -0.2) is 4.79 Å². The number of nitrogens with zero attached hydrogens (tertiary/aromatic N) is 4. The molecule has 0 unspecified atom stereocenters. The highest BCUT2D eigenvalue weighted by atomic mass is 16.5. The summed E-state index contributed by atoms with van der Waals surface area (Å²) in [6.45, 7) is 7.77. The molecule has 10 heteroatoms. The number of benzene rings is 1. The Morgan fingerprint density at radius 1 is 1.23 bits per heavy atom. The van der Waals surface area contributed by atoms with Crippen LogP contribution in [0.2, 0.25) is 0 Å². The molecule has 35 heavy (non-hydrogen) atoms. The number of nitrogens with one attached hydrogen (secondary N) is 1. The van der Waals surface area contributed by atoms with E-state index in [2.05, 4.69) is 10.4 Å². The second-order valence-electron chi connectivity index (χ2n) is 10.4. The van der Waals surface area contributed by atoms with E-state index in [0.29, 0.717) is 18.5 Å². The molecule has 2 fully saturated rings. The Labute approximate surface area is 204 Å². The molecular formula is C25H33N5O5. The first-order valence-electron chi connectivity index (χ1n) is 11.9. The van der Waals surface area contributed by atoms with Gasteiger partial charge in [-0.2, -0.15) is 5.10 Å². The zero-order valence-corrected chi connectivity index (χ0v) is 21.1. The fourth-order valence-corrected chi connectivity index (χ4v) is 5.43. The fourth-order valence-electron chi connectivity index (χ4n) is 5.43. The van der Waals surface area contributed by atoms with Gasteiger partial charge in [-0.1, -0.05) is 0 Å². The Balaban J connectivity index is 1.62. The van der Waals surface area contributed by atoms with Crippen molar-refractivity contribution in [3.05, 3.63) is 23.9 Å². The van der Waals surface area contributed by atoms with Crippen LogP contribution in [-0.4, -0.2) is 63.2 Å². The average Bonchev–Trinajstić information content (AvgIpc) is 3.08. The van der Waals surface area contributed by atoms with Gasteiger partial charge in [-0.15, -0.1) is 0 Å². The number of piperidine rings is 2. The van der Waals surface area contributed by atoms with Crippen LogP contribution in [0.3, 0.4) is 0 Å². The smallest absolute Gasteiger partial charge is 0.410 e. The van der Waals surface area contributed by atoms with Crippen molar-refractivity contribution in [2.45, 2.75) is 76.9 Å². The number of aryl methyl sites for hydroxylation is 1. The van der Waals surface area contributed by atoms with Crippen molar-refractivity contribution >= 4 is 40.4 Å². The van der Waals surface area contributed by atoms with Crippen molar-refractivity contribution in [1.29, 1.82) is 0 Å². The third-order valence-corrected chi connectivity index (χ3v) is 6.90. The Bertz CT molecular complexity index is 1200. The number of rotatable bonds is 3. The van der Waals surface area contributed by atoms with E-state index in [4.69, 9.17) is 4.74 Å². The summed E-state index contributed by atoms with van der Waals surface area (Å²) in [6.07, 6.45) is 1.08. The quantitative estimate of drug-likeness (QED) is 0.672. The van der Waals surface area contributed by atoms with E-state index in [1.807, 2.05) is 45.9 Å². The van der Waals surface area contributed by atoms with E-state index in [9.17, 15) is 19.2 Å². The molecule has 0 aliphatic carbocycles. The maximum atomic E-state index is 13.3. The van der Waals surface area contributed by atoms with Crippen LogP contribution in [0.1, 0.15) is 65.0 Å². The standard InChI is InChI=1S/C25H33N5O5/c1-14-11-16(30(24(34)35-6)25(2,3)4)13-21(32)29(14)15-7-8-17-19(12-15)28(5)27-22(17)18-9-10-20(31)26-23(18)33/h7-8,12,14,16,18H,9-11,13H2,1-6H3,(H,26,31,33)/t14-,16-,18-/m1/s1. The molecule has 1 aromatic carbocycles. The Morgan fingerprint density at radius 2 is 1.94 bits per heavy atom. The largest absolute Gasteiger partial charge is 0.453 e. The first-order valence-corrected chi connectivity index (χ1v) is 11.9. The molecule has 4 amide bonds. The summed E-state index contributed by atoms with van der Waals surface area (Å²) < 4.78 is 6.71. The molecule has 0 bridgehead atoms. The molecule has 10 nitrogen and oxygen atoms in total. The van der Waals surface area contributed by atoms with Gasteiger partial charge in [-0.05, 0) is 58.7 Å². The normalized spacial score (nSPS) is 23.4. The molecular weight excluding hydrogens is 450 g/mol. The van der Waals surface area contributed by atoms with E-state index in [0.717, 1.165) is 16.6 Å². The zero-order chi connectivity index (χ0) is 25.7. The predicted octanol–water partition coefficient (Wildman–Crippen LogP) is 2.84. The summed E-state index contributed by atoms with van der Waals surface area (Å²) in [6, 6.07) is 5.26. The van der Waals surface area contributed by atoms with Crippen LogP contribution in [0.25, 0.3) is 10.9 Å². The minimum absolute atomic E-state index is 0.0705. The predicted molar refractivity (Wildman–Crippen MR) is 130 cm³/mol. The molecule has 2 saturated heterocycles. The average molecular weight is 484 g/mol. The van der Waals surface area contributed by atoms with Crippen LogP contribution in [0.15, 0.2) is 18.2 Å². The topological polar surface area (TPSA) is 114 Å². The zero-order valence-electron chi connectivity index (χ0n) is 21.1. The third kappa shape index (κ3) is 4.49. The van der Waals surface area contributed by atoms with Crippen molar-refractivity contribution < 1.29 is 23.9 Å². The highest BCUT2D eigenvalue weighted by Gasteiger charge is 2.41. The van der Waals surface area contributed by atoms with E-state index in [-0.39, 0.29) is 42.6 Å². The van der Waals surface area contributed by atoms with Crippen LogP contribution in [-0.2, 0) is 26.2 Å². The van der Waals surface area contributed by atoms with Crippen LogP contribution < -0.4 is 10.2 Å². The fraction of sp³-hybridized carbons (Fsp3) is 0.560. The number of amides is 4. The van der Waals surface area contributed by atoms with Crippen LogP contribution in [0.4, 0.5) is 10.5 Å². The van der Waals surface area contributed by atoms with E-state index >= 15 is 0 Å². The molecule has 0 saturated carbocycles. The molecule has 2 aromatic rings. The number of imide groups is 1. The molecule has 1 N–H and O–H groups in total. The van der Waals surface area contributed by atoms with Crippen molar-refractivity contribution in [3.63, 3.8) is 0 Å². The lowest BCUT2D eigenvalue weighted by Gasteiger charge is -2.46. The van der Waals surface area contributed by atoms with E-state index in [1.165, 1.54) is 7.11 Å². The number of carbonyl (C=O) groups is 4. The van der Waals surface area contributed by atoms with Gasteiger partial charge in [0, 0.05) is 48.6 Å². The molecule has 0 radical (unpaired) electrons. The lowest BCUT2D eigenvalue weighted by molar-refractivity contribution is -0.134. The summed E-state index contributed by atoms with van der Waals surface area (Å²) >= 11 is 0. The second kappa shape index (κ2) is 8.98. The summed E-state index contributed by atoms with van der Waals surface area (Å²) in [4.78, 5) is 53.2. The van der Waals surface area contributed by atoms with Crippen molar-refractivity contribution in [3.8, 4) is 0 Å². The van der Waals surface area contributed by atoms with Crippen LogP contribution in [0.5, 0.6) is 0 Å². The number of fused-ring (bicyclic) bond motifs is 1. The molecule has 188 valence electrons. The molecule has 3 atom stereocenters. The van der Waals surface area contributed by atoms with E-state index in [1.54, 1.807) is 21.5 Å². The number of hydrogen-bond donors (Lipinski definition) is 1. The Kier molecular flexibility index (Phi) is 6.33. The van der Waals surface area contributed by atoms with Crippen LogP contribution >= 0.6 is 0 Å².